The van der Waals surface area contributed by atoms with E-state index < -0.39 is 5.82 Å². The van der Waals surface area contributed by atoms with Gasteiger partial charge in [-0.1, -0.05) is 0 Å². The first-order valence-electron chi connectivity index (χ1n) is 3.72. The van der Waals surface area contributed by atoms with Crippen molar-refractivity contribution in [3.8, 4) is 6.07 Å². The van der Waals surface area contributed by atoms with E-state index in [1.54, 1.807) is 6.07 Å². The summed E-state index contributed by atoms with van der Waals surface area (Å²) in [4.78, 5) is 10.7. The third kappa shape index (κ3) is 2.09. The monoisotopic (exact) mass is 256 g/mol. The van der Waals surface area contributed by atoms with Crippen LogP contribution in [0.1, 0.15) is 12.5 Å². The number of amides is 1. The van der Waals surface area contributed by atoms with Gasteiger partial charge in [-0.05, 0) is 28.1 Å². The van der Waals surface area contributed by atoms with Crippen molar-refractivity contribution < 1.29 is 9.18 Å². The molecule has 0 aromatic heterocycles. The summed E-state index contributed by atoms with van der Waals surface area (Å²) < 4.78 is 13.8. The zero-order chi connectivity index (χ0) is 10.7. The molecule has 0 unspecified atom stereocenters. The number of nitrogens with zero attached hydrogens (tertiary/aromatic N) is 1. The van der Waals surface area contributed by atoms with Crippen molar-refractivity contribution in [3.63, 3.8) is 0 Å². The van der Waals surface area contributed by atoms with Gasteiger partial charge in [0.15, 0.2) is 5.82 Å². The minimum absolute atomic E-state index is 0.0113. The summed E-state index contributed by atoms with van der Waals surface area (Å²) in [6.07, 6.45) is 0. The summed E-state index contributed by atoms with van der Waals surface area (Å²) in [5, 5.41) is 10.9. The number of anilines is 1. The molecule has 1 rings (SSSR count). The molecule has 5 heteroatoms. The van der Waals surface area contributed by atoms with Crippen LogP contribution in [0.3, 0.4) is 0 Å². The van der Waals surface area contributed by atoms with Crippen LogP contribution < -0.4 is 5.32 Å². The molecule has 0 spiro atoms. The average Bonchev–Trinajstić information content (AvgIpc) is 2.10. The third-order valence-electron chi connectivity index (χ3n) is 1.51. The van der Waals surface area contributed by atoms with Gasteiger partial charge in [-0.25, -0.2) is 4.39 Å². The molecule has 1 N–H and O–H groups in total. The van der Waals surface area contributed by atoms with E-state index in [4.69, 9.17) is 5.26 Å². The van der Waals surface area contributed by atoms with Gasteiger partial charge in [-0.3, -0.25) is 4.79 Å². The lowest BCUT2D eigenvalue weighted by Gasteiger charge is -2.05. The van der Waals surface area contributed by atoms with Gasteiger partial charge in [0.05, 0.1) is 5.69 Å². The number of carbonyl (C=O) groups is 1. The van der Waals surface area contributed by atoms with Crippen molar-refractivity contribution in [2.75, 3.05) is 5.32 Å². The highest BCUT2D eigenvalue weighted by Crippen LogP contribution is 2.25. The Morgan fingerprint density at radius 1 is 1.64 bits per heavy atom. The Bertz CT molecular complexity index is 426. The Morgan fingerprint density at radius 2 is 2.29 bits per heavy atom. The molecule has 0 saturated carbocycles. The van der Waals surface area contributed by atoms with Crippen molar-refractivity contribution in [2.45, 2.75) is 6.92 Å². The molecule has 0 bridgehead atoms. The maximum absolute atomic E-state index is 13.4. The number of halogens is 2. The molecule has 0 fully saturated rings. The number of carbonyl (C=O) groups excluding carboxylic acids is 1. The summed E-state index contributed by atoms with van der Waals surface area (Å²) in [5.41, 5.74) is -0.103. The molecular formula is C9H6BrFN2O. The van der Waals surface area contributed by atoms with Gasteiger partial charge in [0.25, 0.3) is 0 Å². The van der Waals surface area contributed by atoms with Crippen LogP contribution in [0.25, 0.3) is 0 Å². The summed E-state index contributed by atoms with van der Waals surface area (Å²) in [5.74, 6) is -1.10. The molecule has 0 aliphatic rings. The second kappa shape index (κ2) is 4.20. The van der Waals surface area contributed by atoms with Crippen LogP contribution in [0.5, 0.6) is 0 Å². The standard InChI is InChI=1S/C9H6BrFN2O/c1-5(14)13-8-3-2-7(10)6(4-12)9(8)11/h2-3H,1H3,(H,13,14). The number of nitrogens with one attached hydrogen (secondary N) is 1. The molecule has 0 aliphatic heterocycles. The molecule has 1 aromatic carbocycles. The van der Waals surface area contributed by atoms with E-state index in [2.05, 4.69) is 21.2 Å². The zero-order valence-corrected chi connectivity index (χ0v) is 8.85. The van der Waals surface area contributed by atoms with Gasteiger partial charge in [-0.15, -0.1) is 0 Å². The van der Waals surface area contributed by atoms with E-state index in [1.165, 1.54) is 19.1 Å². The van der Waals surface area contributed by atoms with Crippen molar-refractivity contribution in [1.29, 1.82) is 5.26 Å². The second-order valence-corrected chi connectivity index (χ2v) is 3.43. The maximum atomic E-state index is 13.4. The third-order valence-corrected chi connectivity index (χ3v) is 2.17. The van der Waals surface area contributed by atoms with E-state index in [-0.39, 0.29) is 17.2 Å². The number of benzene rings is 1. The first-order chi connectivity index (χ1) is 6.56. The molecule has 1 amide bonds. The fourth-order valence-electron chi connectivity index (χ4n) is 0.941. The van der Waals surface area contributed by atoms with Crippen molar-refractivity contribution in [1.82, 2.24) is 0 Å². The second-order valence-electron chi connectivity index (χ2n) is 2.58. The first-order valence-corrected chi connectivity index (χ1v) is 4.51. The smallest absolute Gasteiger partial charge is 0.221 e. The first kappa shape index (κ1) is 10.7. The fraction of sp³-hybridized carbons (Fsp3) is 0.111. The van der Waals surface area contributed by atoms with Crippen LogP contribution in [-0.4, -0.2) is 5.91 Å². The van der Waals surface area contributed by atoms with E-state index in [0.29, 0.717) is 4.47 Å². The van der Waals surface area contributed by atoms with E-state index in [9.17, 15) is 9.18 Å². The van der Waals surface area contributed by atoms with Crippen LogP contribution >= 0.6 is 15.9 Å². The Balaban J connectivity index is 3.23. The predicted molar refractivity (Wildman–Crippen MR) is 53.1 cm³/mol. The quantitative estimate of drug-likeness (QED) is 0.839. The summed E-state index contributed by atoms with van der Waals surface area (Å²) in [6.45, 7) is 1.27. The van der Waals surface area contributed by atoms with Crippen molar-refractivity contribution in [2.24, 2.45) is 0 Å². The predicted octanol–water partition coefficient (Wildman–Crippen LogP) is 2.42. The van der Waals surface area contributed by atoms with E-state index >= 15 is 0 Å². The van der Waals surface area contributed by atoms with Crippen LogP contribution in [0.15, 0.2) is 16.6 Å². The summed E-state index contributed by atoms with van der Waals surface area (Å²) >= 11 is 3.03. The summed E-state index contributed by atoms with van der Waals surface area (Å²) in [7, 11) is 0. The average molecular weight is 257 g/mol. The Hall–Kier alpha value is -1.41. The van der Waals surface area contributed by atoms with Gasteiger partial charge < -0.3 is 5.32 Å². The molecule has 3 nitrogen and oxygen atoms in total. The molecule has 0 saturated heterocycles. The van der Waals surface area contributed by atoms with Crippen LogP contribution in [0.2, 0.25) is 0 Å². The minimum atomic E-state index is -0.725. The highest BCUT2D eigenvalue weighted by molar-refractivity contribution is 9.10. The SMILES string of the molecule is CC(=O)Nc1ccc(Br)c(C#N)c1F. The summed E-state index contributed by atoms with van der Waals surface area (Å²) in [6, 6.07) is 4.60. The maximum Gasteiger partial charge on any atom is 0.221 e. The van der Waals surface area contributed by atoms with Gasteiger partial charge in [0.1, 0.15) is 11.6 Å². The molecule has 0 atom stereocenters. The highest BCUT2D eigenvalue weighted by Gasteiger charge is 2.12. The van der Waals surface area contributed by atoms with E-state index in [1.807, 2.05) is 0 Å². The van der Waals surface area contributed by atoms with Gasteiger partial charge >= 0.3 is 0 Å². The lowest BCUT2D eigenvalue weighted by atomic mass is 10.2. The lowest BCUT2D eigenvalue weighted by Crippen LogP contribution is -2.08. The van der Waals surface area contributed by atoms with Crippen LogP contribution in [0.4, 0.5) is 10.1 Å². The minimum Gasteiger partial charge on any atom is -0.324 e. The molecular weight excluding hydrogens is 251 g/mol. The van der Waals surface area contributed by atoms with Crippen LogP contribution in [0, 0.1) is 17.1 Å². The van der Waals surface area contributed by atoms with Gasteiger partial charge in [0, 0.05) is 11.4 Å². The largest absolute Gasteiger partial charge is 0.324 e. The number of nitriles is 1. The van der Waals surface area contributed by atoms with Crippen molar-refractivity contribution >= 4 is 27.5 Å². The molecule has 0 radical (unpaired) electrons. The fourth-order valence-corrected chi connectivity index (χ4v) is 1.34. The van der Waals surface area contributed by atoms with Crippen LogP contribution in [-0.2, 0) is 4.79 Å². The molecule has 0 aliphatic carbocycles. The number of rotatable bonds is 1. The molecule has 72 valence electrons. The lowest BCUT2D eigenvalue weighted by molar-refractivity contribution is -0.114. The Labute approximate surface area is 88.7 Å². The van der Waals surface area contributed by atoms with Gasteiger partial charge in [-0.2, -0.15) is 5.26 Å². The Morgan fingerprint density at radius 3 is 2.79 bits per heavy atom. The Kier molecular flexibility index (Phi) is 3.20. The molecule has 14 heavy (non-hydrogen) atoms. The highest BCUT2D eigenvalue weighted by atomic mass is 79.9. The molecule has 0 heterocycles. The zero-order valence-electron chi connectivity index (χ0n) is 7.27. The number of hydrogen-bond donors (Lipinski definition) is 1. The van der Waals surface area contributed by atoms with Crippen molar-refractivity contribution in [3.05, 3.63) is 28.0 Å². The molecule has 1 aromatic rings. The normalized spacial score (nSPS) is 9.29. The topological polar surface area (TPSA) is 52.9 Å². The van der Waals surface area contributed by atoms with E-state index in [0.717, 1.165) is 0 Å². The number of hydrogen-bond acceptors (Lipinski definition) is 2. The van der Waals surface area contributed by atoms with Gasteiger partial charge in [0.2, 0.25) is 5.91 Å².